The first kappa shape index (κ1) is 19.2. The van der Waals surface area contributed by atoms with Crippen LogP contribution in [0.25, 0.3) is 0 Å². The summed E-state index contributed by atoms with van der Waals surface area (Å²) in [6, 6.07) is 16.9. The summed E-state index contributed by atoms with van der Waals surface area (Å²) in [4.78, 5) is 15.9. The minimum atomic E-state index is 0.0341. The fourth-order valence-corrected chi connectivity index (χ4v) is 3.25. The Balaban J connectivity index is 1.41. The van der Waals surface area contributed by atoms with Crippen molar-refractivity contribution in [2.75, 3.05) is 32.8 Å². The Bertz CT molecular complexity index is 745. The SMILES string of the molecule is C=CC(=O)N1CCN(Cc2ccc(CCOc3ccc(C)cc3)cc2)CC1. The van der Waals surface area contributed by atoms with Crippen LogP contribution in [-0.2, 0) is 17.8 Å². The van der Waals surface area contributed by atoms with Crippen molar-refractivity contribution < 1.29 is 9.53 Å². The quantitative estimate of drug-likeness (QED) is 0.706. The summed E-state index contributed by atoms with van der Waals surface area (Å²) in [5.41, 5.74) is 3.83. The van der Waals surface area contributed by atoms with Crippen molar-refractivity contribution >= 4 is 5.91 Å². The normalized spacial score (nSPS) is 14.8. The molecular weight excluding hydrogens is 336 g/mol. The highest BCUT2D eigenvalue weighted by atomic mass is 16.5. The van der Waals surface area contributed by atoms with E-state index in [-0.39, 0.29) is 5.91 Å². The van der Waals surface area contributed by atoms with Crippen molar-refractivity contribution in [2.45, 2.75) is 19.9 Å². The van der Waals surface area contributed by atoms with Crippen molar-refractivity contribution in [3.8, 4) is 5.75 Å². The predicted molar refractivity (Wildman–Crippen MR) is 109 cm³/mol. The van der Waals surface area contributed by atoms with Gasteiger partial charge >= 0.3 is 0 Å². The Kier molecular flexibility index (Phi) is 6.66. The maximum atomic E-state index is 11.6. The molecule has 1 fully saturated rings. The second-order valence-corrected chi connectivity index (χ2v) is 7.03. The molecule has 27 heavy (non-hydrogen) atoms. The molecule has 4 nitrogen and oxygen atoms in total. The maximum Gasteiger partial charge on any atom is 0.246 e. The number of amides is 1. The van der Waals surface area contributed by atoms with Gasteiger partial charge in [0.05, 0.1) is 6.61 Å². The summed E-state index contributed by atoms with van der Waals surface area (Å²) in [5.74, 6) is 0.957. The molecule has 2 aromatic carbocycles. The third kappa shape index (κ3) is 5.69. The molecule has 0 aliphatic carbocycles. The zero-order valence-electron chi connectivity index (χ0n) is 16.1. The molecule has 3 rings (SSSR count). The van der Waals surface area contributed by atoms with Gasteiger partial charge in [0.2, 0.25) is 5.91 Å². The lowest BCUT2D eigenvalue weighted by atomic mass is 10.1. The van der Waals surface area contributed by atoms with E-state index in [4.69, 9.17) is 4.74 Å². The van der Waals surface area contributed by atoms with Crippen LogP contribution in [0.4, 0.5) is 0 Å². The van der Waals surface area contributed by atoms with E-state index in [0.717, 1.165) is 44.9 Å². The van der Waals surface area contributed by atoms with Crippen molar-refractivity contribution in [3.05, 3.63) is 77.9 Å². The van der Waals surface area contributed by atoms with Crippen LogP contribution in [0.2, 0.25) is 0 Å². The average molecular weight is 364 g/mol. The summed E-state index contributed by atoms with van der Waals surface area (Å²) < 4.78 is 5.81. The van der Waals surface area contributed by atoms with Gasteiger partial charge in [0.15, 0.2) is 0 Å². The highest BCUT2D eigenvalue weighted by Crippen LogP contribution is 2.13. The number of ether oxygens (including phenoxy) is 1. The number of carbonyl (C=O) groups excluding carboxylic acids is 1. The number of hydrogen-bond donors (Lipinski definition) is 0. The van der Waals surface area contributed by atoms with E-state index in [9.17, 15) is 4.79 Å². The van der Waals surface area contributed by atoms with E-state index in [1.165, 1.54) is 22.8 Å². The van der Waals surface area contributed by atoms with Crippen LogP contribution in [0.3, 0.4) is 0 Å². The molecule has 1 saturated heterocycles. The third-order valence-corrected chi connectivity index (χ3v) is 4.97. The van der Waals surface area contributed by atoms with E-state index in [1.54, 1.807) is 0 Å². The van der Waals surface area contributed by atoms with Gasteiger partial charge in [0.25, 0.3) is 0 Å². The number of aryl methyl sites for hydroxylation is 1. The number of piperazine rings is 1. The highest BCUT2D eigenvalue weighted by Gasteiger charge is 2.19. The molecule has 1 amide bonds. The Morgan fingerprint density at radius 3 is 2.26 bits per heavy atom. The van der Waals surface area contributed by atoms with Gasteiger partial charge in [-0.2, -0.15) is 0 Å². The van der Waals surface area contributed by atoms with E-state index in [2.05, 4.69) is 54.8 Å². The van der Waals surface area contributed by atoms with Crippen LogP contribution in [0.15, 0.2) is 61.2 Å². The fraction of sp³-hybridized carbons (Fsp3) is 0.348. The molecule has 0 saturated carbocycles. The Labute approximate surface area is 162 Å². The van der Waals surface area contributed by atoms with Gasteiger partial charge in [0.1, 0.15) is 5.75 Å². The molecule has 0 atom stereocenters. The van der Waals surface area contributed by atoms with Gasteiger partial charge in [-0.1, -0.05) is 48.5 Å². The first-order valence-electron chi connectivity index (χ1n) is 9.55. The highest BCUT2D eigenvalue weighted by molar-refractivity contribution is 5.87. The van der Waals surface area contributed by atoms with Gasteiger partial charge in [-0.05, 0) is 36.3 Å². The van der Waals surface area contributed by atoms with Crippen LogP contribution < -0.4 is 4.74 Å². The third-order valence-electron chi connectivity index (χ3n) is 4.97. The van der Waals surface area contributed by atoms with Crippen molar-refractivity contribution in [2.24, 2.45) is 0 Å². The molecular formula is C23H28N2O2. The zero-order valence-corrected chi connectivity index (χ0v) is 16.1. The van der Waals surface area contributed by atoms with E-state index >= 15 is 0 Å². The van der Waals surface area contributed by atoms with Crippen LogP contribution in [0, 0.1) is 6.92 Å². The van der Waals surface area contributed by atoms with Crippen LogP contribution in [0.5, 0.6) is 5.75 Å². The second kappa shape index (κ2) is 9.38. The Hall–Kier alpha value is -2.59. The number of nitrogens with zero attached hydrogens (tertiary/aromatic N) is 2. The lowest BCUT2D eigenvalue weighted by Gasteiger charge is -2.34. The first-order chi connectivity index (χ1) is 13.1. The molecule has 4 heteroatoms. The van der Waals surface area contributed by atoms with E-state index in [0.29, 0.717) is 6.61 Å². The molecule has 0 spiro atoms. The molecule has 0 N–H and O–H groups in total. The molecule has 0 aromatic heterocycles. The van der Waals surface area contributed by atoms with Gasteiger partial charge in [-0.25, -0.2) is 0 Å². The fourth-order valence-electron chi connectivity index (χ4n) is 3.25. The van der Waals surface area contributed by atoms with Gasteiger partial charge in [0, 0.05) is 39.1 Å². The molecule has 1 heterocycles. The second-order valence-electron chi connectivity index (χ2n) is 7.03. The number of rotatable bonds is 7. The zero-order chi connectivity index (χ0) is 19.1. The van der Waals surface area contributed by atoms with Crippen molar-refractivity contribution in [3.63, 3.8) is 0 Å². The maximum absolute atomic E-state index is 11.6. The Morgan fingerprint density at radius 1 is 1.00 bits per heavy atom. The summed E-state index contributed by atoms with van der Waals surface area (Å²) in [6.07, 6.45) is 2.30. The van der Waals surface area contributed by atoms with Gasteiger partial charge in [-0.15, -0.1) is 0 Å². The molecule has 1 aliphatic rings. The summed E-state index contributed by atoms with van der Waals surface area (Å²) in [6.45, 7) is 10.6. The molecule has 0 unspecified atom stereocenters. The molecule has 0 bridgehead atoms. The van der Waals surface area contributed by atoms with Crippen LogP contribution in [-0.4, -0.2) is 48.5 Å². The topological polar surface area (TPSA) is 32.8 Å². The van der Waals surface area contributed by atoms with E-state index < -0.39 is 0 Å². The molecule has 2 aromatic rings. The number of hydrogen-bond acceptors (Lipinski definition) is 3. The standard InChI is InChI=1S/C23H28N2O2/c1-3-23(26)25-15-13-24(14-16-25)18-21-8-6-20(7-9-21)12-17-27-22-10-4-19(2)5-11-22/h3-11H,1,12-18H2,2H3. The van der Waals surface area contributed by atoms with Gasteiger partial charge in [-0.3, -0.25) is 9.69 Å². The van der Waals surface area contributed by atoms with E-state index in [1.807, 2.05) is 17.0 Å². The predicted octanol–water partition coefficient (Wildman–Crippen LogP) is 3.45. The lowest BCUT2D eigenvalue weighted by molar-refractivity contribution is -0.127. The lowest BCUT2D eigenvalue weighted by Crippen LogP contribution is -2.47. The number of carbonyl (C=O) groups is 1. The summed E-state index contributed by atoms with van der Waals surface area (Å²) >= 11 is 0. The van der Waals surface area contributed by atoms with Crippen LogP contribution >= 0.6 is 0 Å². The minimum Gasteiger partial charge on any atom is -0.493 e. The average Bonchev–Trinajstić information content (AvgIpc) is 2.71. The molecule has 0 radical (unpaired) electrons. The smallest absolute Gasteiger partial charge is 0.246 e. The molecule has 142 valence electrons. The largest absolute Gasteiger partial charge is 0.493 e. The first-order valence-corrected chi connectivity index (χ1v) is 9.55. The number of benzene rings is 2. The minimum absolute atomic E-state index is 0.0341. The van der Waals surface area contributed by atoms with Crippen LogP contribution in [0.1, 0.15) is 16.7 Å². The summed E-state index contributed by atoms with van der Waals surface area (Å²) in [7, 11) is 0. The van der Waals surface area contributed by atoms with Crippen molar-refractivity contribution in [1.82, 2.24) is 9.80 Å². The monoisotopic (exact) mass is 364 g/mol. The Morgan fingerprint density at radius 2 is 1.63 bits per heavy atom. The molecule has 1 aliphatic heterocycles. The van der Waals surface area contributed by atoms with Gasteiger partial charge < -0.3 is 9.64 Å². The summed E-state index contributed by atoms with van der Waals surface area (Å²) in [5, 5.41) is 0. The van der Waals surface area contributed by atoms with Crippen molar-refractivity contribution in [1.29, 1.82) is 0 Å².